The average Bonchev–Trinajstić information content (AvgIpc) is 3.41. The lowest BCUT2D eigenvalue weighted by molar-refractivity contribution is 0.254. The van der Waals surface area contributed by atoms with Crippen molar-refractivity contribution in [3.63, 3.8) is 0 Å². The summed E-state index contributed by atoms with van der Waals surface area (Å²) in [5.41, 5.74) is 6.12. The number of amidine groups is 1. The van der Waals surface area contributed by atoms with Gasteiger partial charge in [-0.1, -0.05) is 40.7 Å². The fraction of sp³-hybridized carbons (Fsp3) is 0.333. The van der Waals surface area contributed by atoms with Gasteiger partial charge in [0.05, 0.1) is 11.7 Å². The van der Waals surface area contributed by atoms with Crippen LogP contribution in [0, 0.1) is 13.8 Å². The number of fused-ring (bicyclic) bond motifs is 1. The van der Waals surface area contributed by atoms with Gasteiger partial charge in [-0.3, -0.25) is 9.98 Å². The van der Waals surface area contributed by atoms with Gasteiger partial charge in [-0.2, -0.15) is 0 Å². The molecule has 0 unspecified atom stereocenters. The molecule has 30 heavy (non-hydrogen) atoms. The third-order valence-corrected chi connectivity index (χ3v) is 7.86. The minimum absolute atomic E-state index is 0.0296. The molecule has 2 aliphatic heterocycles. The molecule has 0 saturated carbocycles. The summed E-state index contributed by atoms with van der Waals surface area (Å²) in [6.45, 7) is 6.72. The van der Waals surface area contributed by atoms with Crippen LogP contribution in [0.25, 0.3) is 5.69 Å². The lowest BCUT2D eigenvalue weighted by Gasteiger charge is -2.32. The van der Waals surface area contributed by atoms with E-state index < -0.39 is 0 Å². The van der Waals surface area contributed by atoms with E-state index in [1.54, 1.807) is 0 Å². The Balaban J connectivity index is 1.63. The van der Waals surface area contributed by atoms with Gasteiger partial charge in [0.1, 0.15) is 6.04 Å². The summed E-state index contributed by atoms with van der Waals surface area (Å²) in [6.07, 6.45) is 3.01. The standard InChI is InChI=1S/C24H25BrN4S/c1-4-18-14-30-24-27-22(21-7-5-6-12-26-21)23(29(18)24)20-13-15(2)28(16(20)3)19-10-8-17(25)9-11-19/h5-13,18,22-23H,4,14H2,1-3H3/t18-,22+,23+/m1/s1. The Bertz CT molecular complexity index is 1090. The second kappa shape index (κ2) is 7.89. The molecule has 6 heteroatoms. The van der Waals surface area contributed by atoms with Crippen molar-refractivity contribution in [3.05, 3.63) is 81.8 Å². The number of aryl methyl sites for hydroxylation is 1. The van der Waals surface area contributed by atoms with E-state index in [-0.39, 0.29) is 12.1 Å². The summed E-state index contributed by atoms with van der Waals surface area (Å²) in [7, 11) is 0. The molecule has 3 atom stereocenters. The maximum atomic E-state index is 5.17. The molecule has 154 valence electrons. The van der Waals surface area contributed by atoms with Crippen molar-refractivity contribution in [3.8, 4) is 5.69 Å². The Morgan fingerprint density at radius 1 is 1.13 bits per heavy atom. The van der Waals surface area contributed by atoms with Crippen LogP contribution in [-0.4, -0.2) is 31.4 Å². The maximum Gasteiger partial charge on any atom is 0.160 e. The van der Waals surface area contributed by atoms with Crippen LogP contribution >= 0.6 is 27.7 Å². The van der Waals surface area contributed by atoms with Crippen LogP contribution in [0.3, 0.4) is 0 Å². The number of hydrogen-bond acceptors (Lipinski definition) is 4. The first-order valence-electron chi connectivity index (χ1n) is 10.4. The third kappa shape index (κ3) is 3.21. The second-order valence-electron chi connectivity index (χ2n) is 7.97. The van der Waals surface area contributed by atoms with Crippen molar-refractivity contribution in [2.24, 2.45) is 4.99 Å². The molecule has 1 aromatic carbocycles. The fourth-order valence-electron chi connectivity index (χ4n) is 4.76. The van der Waals surface area contributed by atoms with E-state index in [1.807, 2.05) is 24.0 Å². The van der Waals surface area contributed by atoms with Gasteiger partial charge in [0, 0.05) is 39.5 Å². The van der Waals surface area contributed by atoms with Crippen LogP contribution < -0.4 is 0 Å². The Morgan fingerprint density at radius 3 is 2.63 bits per heavy atom. The van der Waals surface area contributed by atoms with E-state index in [1.165, 1.54) is 27.8 Å². The fourth-order valence-corrected chi connectivity index (χ4v) is 6.36. The molecule has 4 nitrogen and oxygen atoms in total. The maximum absolute atomic E-state index is 5.17. The van der Waals surface area contributed by atoms with E-state index in [2.05, 4.69) is 93.6 Å². The van der Waals surface area contributed by atoms with E-state index in [9.17, 15) is 0 Å². The number of aromatic nitrogens is 2. The van der Waals surface area contributed by atoms with Crippen molar-refractivity contribution < 1.29 is 0 Å². The van der Waals surface area contributed by atoms with Gasteiger partial charge in [0.15, 0.2) is 5.17 Å². The van der Waals surface area contributed by atoms with Gasteiger partial charge in [-0.25, -0.2) is 0 Å². The van der Waals surface area contributed by atoms with Crippen molar-refractivity contribution in [1.82, 2.24) is 14.5 Å². The number of thioether (sulfide) groups is 1. The van der Waals surface area contributed by atoms with Crippen molar-refractivity contribution in [2.45, 2.75) is 45.3 Å². The van der Waals surface area contributed by atoms with Gasteiger partial charge < -0.3 is 9.47 Å². The molecule has 0 bridgehead atoms. The molecular formula is C24H25BrN4S. The highest BCUT2D eigenvalue weighted by atomic mass is 79.9. The highest BCUT2D eigenvalue weighted by Gasteiger charge is 2.46. The minimum atomic E-state index is 0.0296. The summed E-state index contributed by atoms with van der Waals surface area (Å²) in [4.78, 5) is 12.4. The van der Waals surface area contributed by atoms with Crippen LogP contribution in [0.4, 0.5) is 0 Å². The average molecular weight is 481 g/mol. The number of hydrogen-bond donors (Lipinski definition) is 0. The van der Waals surface area contributed by atoms with Crippen LogP contribution in [0.15, 0.2) is 64.2 Å². The zero-order chi connectivity index (χ0) is 20.8. The highest BCUT2D eigenvalue weighted by molar-refractivity contribution is 9.10. The van der Waals surface area contributed by atoms with Crippen LogP contribution in [0.5, 0.6) is 0 Å². The molecule has 4 heterocycles. The summed E-state index contributed by atoms with van der Waals surface area (Å²) in [5, 5.41) is 1.18. The third-order valence-electron chi connectivity index (χ3n) is 6.20. The van der Waals surface area contributed by atoms with Crippen LogP contribution in [0.1, 0.15) is 48.1 Å². The first-order chi connectivity index (χ1) is 14.6. The van der Waals surface area contributed by atoms with E-state index in [4.69, 9.17) is 4.99 Å². The molecule has 5 rings (SSSR count). The quantitative estimate of drug-likeness (QED) is 0.443. The summed E-state index contributed by atoms with van der Waals surface area (Å²) in [6, 6.07) is 17.8. The Labute approximate surface area is 190 Å². The normalized spacial score (nSPS) is 23.0. The van der Waals surface area contributed by atoms with E-state index in [0.29, 0.717) is 6.04 Å². The zero-order valence-corrected chi connectivity index (χ0v) is 19.8. The van der Waals surface area contributed by atoms with Crippen molar-refractivity contribution >= 4 is 32.9 Å². The molecule has 0 spiro atoms. The number of benzene rings is 1. The molecule has 1 saturated heterocycles. The van der Waals surface area contributed by atoms with Gasteiger partial charge in [0.25, 0.3) is 0 Å². The lowest BCUT2D eigenvalue weighted by Crippen LogP contribution is -2.35. The topological polar surface area (TPSA) is 33.4 Å². The molecule has 1 fully saturated rings. The number of halogens is 1. The number of rotatable bonds is 4. The van der Waals surface area contributed by atoms with E-state index >= 15 is 0 Å². The molecular weight excluding hydrogens is 456 g/mol. The predicted molar refractivity (Wildman–Crippen MR) is 128 cm³/mol. The molecule has 0 radical (unpaired) electrons. The van der Waals surface area contributed by atoms with Crippen molar-refractivity contribution in [1.29, 1.82) is 0 Å². The van der Waals surface area contributed by atoms with Gasteiger partial charge in [-0.15, -0.1) is 0 Å². The molecule has 2 aromatic heterocycles. The molecule has 0 amide bonds. The first-order valence-corrected chi connectivity index (χ1v) is 12.2. The molecule has 3 aromatic rings. The van der Waals surface area contributed by atoms with Gasteiger partial charge in [0.2, 0.25) is 0 Å². The summed E-state index contributed by atoms with van der Waals surface area (Å²) < 4.78 is 3.46. The SMILES string of the molecule is CC[C@@H]1CSC2=N[C@@H](c3ccccn3)[C@H](c3cc(C)n(-c4ccc(Br)cc4)c3C)N21. The largest absolute Gasteiger partial charge is 0.338 e. The Kier molecular flexibility index (Phi) is 5.23. The lowest BCUT2D eigenvalue weighted by atomic mass is 9.95. The van der Waals surface area contributed by atoms with Crippen LogP contribution in [-0.2, 0) is 0 Å². The summed E-state index contributed by atoms with van der Waals surface area (Å²) >= 11 is 5.45. The molecule has 0 aliphatic carbocycles. The Hall–Kier alpha value is -2.05. The number of nitrogens with zero attached hydrogens (tertiary/aromatic N) is 4. The van der Waals surface area contributed by atoms with Crippen molar-refractivity contribution in [2.75, 3.05) is 5.75 Å². The summed E-state index contributed by atoms with van der Waals surface area (Å²) in [5.74, 6) is 1.12. The van der Waals surface area contributed by atoms with Gasteiger partial charge >= 0.3 is 0 Å². The van der Waals surface area contributed by atoms with E-state index in [0.717, 1.165) is 22.3 Å². The number of pyridine rings is 1. The number of aliphatic imine (C=N–C) groups is 1. The first kappa shape index (κ1) is 19.9. The second-order valence-corrected chi connectivity index (χ2v) is 9.88. The molecule has 0 N–H and O–H groups in total. The van der Waals surface area contributed by atoms with Crippen LogP contribution in [0.2, 0.25) is 0 Å². The monoisotopic (exact) mass is 480 g/mol. The molecule has 2 aliphatic rings. The Morgan fingerprint density at radius 2 is 1.93 bits per heavy atom. The van der Waals surface area contributed by atoms with Gasteiger partial charge in [-0.05, 0) is 68.3 Å². The highest BCUT2D eigenvalue weighted by Crippen LogP contribution is 2.49. The predicted octanol–water partition coefficient (Wildman–Crippen LogP) is 6.23. The zero-order valence-electron chi connectivity index (χ0n) is 17.4. The smallest absolute Gasteiger partial charge is 0.160 e. The minimum Gasteiger partial charge on any atom is -0.338 e.